The fourth-order valence-corrected chi connectivity index (χ4v) is 7.54. The second-order valence-electron chi connectivity index (χ2n) is 14.6. The maximum absolute atomic E-state index is 12.5. The van der Waals surface area contributed by atoms with Crippen LogP contribution in [0.1, 0.15) is 69.2 Å². The number of piperazine rings is 2. The minimum Gasteiger partial charge on any atom is -0.447 e. The summed E-state index contributed by atoms with van der Waals surface area (Å²) in [7, 11) is -2.89. The van der Waals surface area contributed by atoms with Crippen molar-refractivity contribution in [2.45, 2.75) is 93.7 Å². The summed E-state index contributed by atoms with van der Waals surface area (Å²) in [5, 5.41) is 0. The van der Waals surface area contributed by atoms with Gasteiger partial charge in [0.2, 0.25) is 10.0 Å². The van der Waals surface area contributed by atoms with Crippen molar-refractivity contribution in [1.82, 2.24) is 28.8 Å². The Bertz CT molecular complexity index is 1340. The normalized spacial score (nSPS) is 16.7. The van der Waals surface area contributed by atoms with Gasteiger partial charge in [-0.15, -0.1) is 0 Å². The van der Waals surface area contributed by atoms with Gasteiger partial charge in [-0.1, -0.05) is 0 Å². The summed E-state index contributed by atoms with van der Waals surface area (Å²) >= 11 is 0. The lowest BCUT2D eigenvalue weighted by molar-refractivity contribution is 0.0181. The van der Waals surface area contributed by atoms with E-state index in [0.29, 0.717) is 91.9 Å². The predicted octanol–water partition coefficient (Wildman–Crippen LogP) is 4.44. The maximum Gasteiger partial charge on any atom is 0.410 e. The minimum absolute atomic E-state index is 0.0279. The summed E-state index contributed by atoms with van der Waals surface area (Å²) in [6.07, 6.45) is -0.0761. The molecule has 0 spiro atoms. The Morgan fingerprint density at radius 2 is 0.948 bits per heavy atom. The highest BCUT2D eigenvalue weighted by atomic mass is 32.2. The number of ether oxygens (including phenoxy) is 5. The van der Waals surface area contributed by atoms with Gasteiger partial charge < -0.3 is 52.3 Å². The number of carbonyl (C=O) groups is 4. The topological polar surface area (TPSA) is 204 Å². The average molecular weight is 877 g/mol. The fourth-order valence-electron chi connectivity index (χ4n) is 4.91. The molecule has 20 nitrogen and oxygen atoms in total. The molecule has 0 unspecified atom stereocenters. The molecule has 3 aliphatic heterocycles. The van der Waals surface area contributed by atoms with Crippen LogP contribution in [-0.4, -0.2) is 205 Å². The summed E-state index contributed by atoms with van der Waals surface area (Å²) in [5.74, 6) is 0. The highest BCUT2D eigenvalue weighted by Gasteiger charge is 2.31. The van der Waals surface area contributed by atoms with Crippen LogP contribution in [0.3, 0.4) is 0 Å². The predicted molar refractivity (Wildman–Crippen MR) is 219 cm³/mol. The molecule has 4 amide bonds. The Hall–Kier alpha value is -2.94. The van der Waals surface area contributed by atoms with Crippen LogP contribution in [0.15, 0.2) is 0 Å². The second kappa shape index (κ2) is 28.5. The van der Waals surface area contributed by atoms with Crippen LogP contribution in [0, 0.1) is 0 Å². The van der Waals surface area contributed by atoms with Crippen LogP contribution in [0.25, 0.3) is 0 Å². The molecule has 0 aromatic heterocycles. The van der Waals surface area contributed by atoms with E-state index < -0.39 is 17.6 Å². The molecular weight excluding hydrogens is 803 g/mol. The maximum atomic E-state index is 12.5. The smallest absolute Gasteiger partial charge is 0.410 e. The van der Waals surface area contributed by atoms with E-state index in [1.807, 2.05) is 46.4 Å². The van der Waals surface area contributed by atoms with Crippen LogP contribution in [0.4, 0.5) is 19.2 Å². The average Bonchev–Trinajstić information content (AvgIpc) is 3.12. The quantitative estimate of drug-likeness (QED) is 0.208. The molecule has 0 radical (unpaired) electrons. The summed E-state index contributed by atoms with van der Waals surface area (Å²) in [5.41, 5.74) is 0. The lowest BCUT2D eigenvalue weighted by Gasteiger charge is -2.35. The van der Waals surface area contributed by atoms with Gasteiger partial charge in [-0.2, -0.15) is 4.31 Å². The highest BCUT2D eigenvalue weighted by molar-refractivity contribution is 7.88. The SMILES string of the molecule is CC(C)OC(=O)N(C)C.CC(C)OC(=O)N1CCN(S(C)(=O)=O)CC1.CC(C)OC(=O)N1CCOCC1.CCOP(=O)(CN1CCN(C(=O)OC(C)C)CC1)OCC. The van der Waals surface area contributed by atoms with E-state index in [9.17, 15) is 32.2 Å². The van der Waals surface area contributed by atoms with Crippen LogP contribution < -0.4 is 0 Å². The number of carbonyl (C=O) groups excluding carboxylic acids is 4. The number of hydrogen-bond acceptors (Lipinski definition) is 15. The zero-order chi connectivity index (χ0) is 44.6. The molecule has 3 aliphatic rings. The van der Waals surface area contributed by atoms with Gasteiger partial charge in [-0.25, -0.2) is 27.6 Å². The molecule has 3 saturated heterocycles. The van der Waals surface area contributed by atoms with Gasteiger partial charge in [0, 0.05) is 79.5 Å². The van der Waals surface area contributed by atoms with Crippen molar-refractivity contribution in [3.8, 4) is 0 Å². The standard InChI is InChI=1S/C13H27N2O5P.C9H18N2O4S.C8H15NO3.C6H13NO2/c1-5-18-21(17,19-6-2)11-14-7-9-15(10-8-14)13(16)20-12(3)4;1-8(2)15-9(12)10-4-6-11(7-5-10)16(3,13)14;1-7(2)12-8(10)9-3-5-11-6-4-9;1-5(2)9-6(8)7(3)4/h12H,5-11H2,1-4H3;8H,4-7H2,1-3H3;7H,3-6H2,1-2H3;5H,1-4H3. The highest BCUT2D eigenvalue weighted by Crippen LogP contribution is 2.48. The molecule has 3 fully saturated rings. The summed E-state index contributed by atoms with van der Waals surface area (Å²) in [4.78, 5) is 53.5. The zero-order valence-electron chi connectivity index (χ0n) is 37.2. The molecule has 0 atom stereocenters. The molecule has 0 aliphatic carbocycles. The van der Waals surface area contributed by atoms with E-state index >= 15 is 0 Å². The number of rotatable bonds is 11. The number of sulfonamides is 1. The van der Waals surface area contributed by atoms with Gasteiger partial charge in [0.15, 0.2) is 0 Å². The molecule has 0 N–H and O–H groups in total. The molecule has 0 aromatic carbocycles. The van der Waals surface area contributed by atoms with Gasteiger partial charge in [0.1, 0.15) is 6.29 Å². The van der Waals surface area contributed by atoms with Gasteiger partial charge in [-0.05, 0) is 69.2 Å². The molecule has 58 heavy (non-hydrogen) atoms. The summed E-state index contributed by atoms with van der Waals surface area (Å²) in [6, 6.07) is 0. The Balaban J connectivity index is 0.000000782. The van der Waals surface area contributed by atoms with E-state index in [2.05, 4.69) is 0 Å². The summed E-state index contributed by atoms with van der Waals surface area (Å²) in [6.45, 7) is 25.2. The molecule has 0 saturated carbocycles. The molecule has 0 aromatic rings. The number of hydrogen-bond donors (Lipinski definition) is 0. The Labute approximate surface area is 347 Å². The van der Waals surface area contributed by atoms with Crippen LogP contribution >= 0.6 is 7.60 Å². The first-order valence-electron chi connectivity index (χ1n) is 19.8. The van der Waals surface area contributed by atoms with E-state index in [1.54, 1.807) is 51.6 Å². The third-order valence-corrected chi connectivity index (χ3v) is 11.0. The van der Waals surface area contributed by atoms with Crippen LogP contribution in [0.2, 0.25) is 0 Å². The van der Waals surface area contributed by atoms with Crippen molar-refractivity contribution >= 4 is 42.0 Å². The second-order valence-corrected chi connectivity index (χ2v) is 18.6. The molecular formula is C36H73N6O14PS. The van der Waals surface area contributed by atoms with E-state index in [4.69, 9.17) is 32.7 Å². The van der Waals surface area contributed by atoms with Gasteiger partial charge in [-0.3, -0.25) is 9.46 Å². The molecule has 22 heteroatoms. The number of morpholine rings is 1. The molecule has 342 valence electrons. The Kier molecular flexibility index (Phi) is 27.1. The Morgan fingerprint density at radius 3 is 1.24 bits per heavy atom. The number of amides is 4. The van der Waals surface area contributed by atoms with Gasteiger partial charge >= 0.3 is 32.0 Å². The molecule has 0 bridgehead atoms. The third-order valence-electron chi connectivity index (χ3n) is 7.60. The van der Waals surface area contributed by atoms with Crippen molar-refractivity contribution < 1.29 is 64.9 Å². The van der Waals surface area contributed by atoms with Crippen LogP contribution in [-0.2, 0) is 47.3 Å². The lowest BCUT2D eigenvalue weighted by atomic mass is 10.3. The van der Waals surface area contributed by atoms with Crippen molar-refractivity contribution in [3.63, 3.8) is 0 Å². The molecule has 3 heterocycles. The first kappa shape index (κ1) is 55.1. The van der Waals surface area contributed by atoms with E-state index in [1.165, 1.54) is 20.4 Å². The van der Waals surface area contributed by atoms with E-state index in [0.717, 1.165) is 0 Å². The number of nitrogens with zero attached hydrogens (tertiary/aromatic N) is 6. The first-order valence-corrected chi connectivity index (χ1v) is 23.4. The van der Waals surface area contributed by atoms with Crippen molar-refractivity contribution in [2.24, 2.45) is 0 Å². The monoisotopic (exact) mass is 876 g/mol. The first-order chi connectivity index (χ1) is 26.9. The van der Waals surface area contributed by atoms with Crippen molar-refractivity contribution in [1.29, 1.82) is 0 Å². The summed E-state index contributed by atoms with van der Waals surface area (Å²) < 4.78 is 72.0. The fraction of sp³-hybridized carbons (Fsp3) is 0.889. The molecule has 3 rings (SSSR count). The lowest BCUT2D eigenvalue weighted by Crippen LogP contribution is -2.50. The van der Waals surface area contributed by atoms with Gasteiger partial charge in [0.05, 0.1) is 57.1 Å². The van der Waals surface area contributed by atoms with Crippen LogP contribution in [0.5, 0.6) is 0 Å². The largest absolute Gasteiger partial charge is 0.447 e. The van der Waals surface area contributed by atoms with Crippen molar-refractivity contribution in [2.75, 3.05) is 119 Å². The van der Waals surface area contributed by atoms with Crippen molar-refractivity contribution in [3.05, 3.63) is 0 Å². The third kappa shape index (κ3) is 24.9. The van der Waals surface area contributed by atoms with Gasteiger partial charge in [0.25, 0.3) is 0 Å². The van der Waals surface area contributed by atoms with E-state index in [-0.39, 0.29) is 55.1 Å². The zero-order valence-corrected chi connectivity index (χ0v) is 38.9. The Morgan fingerprint density at radius 1 is 0.603 bits per heavy atom. The minimum atomic E-state index is -3.14.